The van der Waals surface area contributed by atoms with Gasteiger partial charge in [0.25, 0.3) is 0 Å². The number of aromatic nitrogens is 2. The van der Waals surface area contributed by atoms with Gasteiger partial charge in [-0.25, -0.2) is 4.98 Å². The summed E-state index contributed by atoms with van der Waals surface area (Å²) in [7, 11) is 1.76. The topological polar surface area (TPSA) is 71.2 Å². The van der Waals surface area contributed by atoms with E-state index in [-0.39, 0.29) is 35.9 Å². The lowest BCUT2D eigenvalue weighted by atomic mass is 9.98. The number of pyridine rings is 1. The van der Waals surface area contributed by atoms with Crippen LogP contribution < -0.4 is 5.32 Å². The number of likely N-dealkylation sites (tertiary alicyclic amines) is 1. The van der Waals surface area contributed by atoms with Gasteiger partial charge in [0.05, 0.1) is 24.8 Å². The van der Waals surface area contributed by atoms with Crippen LogP contribution in [0.25, 0.3) is 5.65 Å². The second kappa shape index (κ2) is 9.75. The van der Waals surface area contributed by atoms with E-state index in [1.165, 1.54) is 0 Å². The van der Waals surface area contributed by atoms with Gasteiger partial charge in [-0.15, -0.1) is 24.0 Å². The first-order chi connectivity index (χ1) is 12.2. The number of hydrogen-bond donors (Lipinski definition) is 1. The molecule has 8 heteroatoms. The fourth-order valence-corrected chi connectivity index (χ4v) is 3.20. The van der Waals surface area contributed by atoms with Crippen LogP contribution in [0, 0.1) is 5.92 Å². The van der Waals surface area contributed by atoms with Crippen molar-refractivity contribution in [2.75, 3.05) is 26.7 Å². The van der Waals surface area contributed by atoms with Crippen molar-refractivity contribution in [3.63, 3.8) is 0 Å². The van der Waals surface area contributed by atoms with Crippen molar-refractivity contribution in [3.05, 3.63) is 36.3 Å². The first-order valence-electron chi connectivity index (χ1n) is 8.76. The van der Waals surface area contributed by atoms with Gasteiger partial charge >= 0.3 is 5.97 Å². The lowest BCUT2D eigenvalue weighted by Gasteiger charge is -2.33. The molecule has 1 aliphatic heterocycles. The molecular weight excluding hydrogens is 445 g/mol. The third-order valence-corrected chi connectivity index (χ3v) is 4.39. The molecule has 142 valence electrons. The Hall–Kier alpha value is -1.84. The third-order valence-electron chi connectivity index (χ3n) is 4.39. The van der Waals surface area contributed by atoms with E-state index in [0.29, 0.717) is 19.7 Å². The number of nitrogens with one attached hydrogen (secondary N) is 1. The second-order valence-electron chi connectivity index (χ2n) is 6.14. The monoisotopic (exact) mass is 471 g/mol. The number of rotatable bonds is 4. The van der Waals surface area contributed by atoms with Crippen molar-refractivity contribution < 1.29 is 9.53 Å². The van der Waals surface area contributed by atoms with Gasteiger partial charge in [0, 0.05) is 32.5 Å². The summed E-state index contributed by atoms with van der Waals surface area (Å²) in [4.78, 5) is 23.1. The maximum atomic E-state index is 12.0. The van der Waals surface area contributed by atoms with Gasteiger partial charge in [-0.1, -0.05) is 6.07 Å². The van der Waals surface area contributed by atoms with Gasteiger partial charge in [0.15, 0.2) is 5.96 Å². The van der Waals surface area contributed by atoms with Crippen molar-refractivity contribution in [3.8, 4) is 0 Å². The largest absolute Gasteiger partial charge is 0.466 e. The number of halogens is 1. The minimum atomic E-state index is -0.108. The maximum Gasteiger partial charge on any atom is 0.310 e. The van der Waals surface area contributed by atoms with Crippen LogP contribution in [0.1, 0.15) is 25.5 Å². The van der Waals surface area contributed by atoms with Crippen molar-refractivity contribution in [2.24, 2.45) is 10.9 Å². The number of guanidine groups is 1. The summed E-state index contributed by atoms with van der Waals surface area (Å²) < 4.78 is 7.16. The number of fused-ring (bicyclic) bond motifs is 1. The summed E-state index contributed by atoms with van der Waals surface area (Å²) >= 11 is 0. The number of esters is 1. The average Bonchev–Trinajstić information content (AvgIpc) is 3.05. The number of hydrogen-bond acceptors (Lipinski definition) is 4. The SMILES string of the molecule is CCOC(=O)C1CCCN(C(=NC)NCc2cn3ccccc3n2)C1.I. The molecule has 3 heterocycles. The Balaban J connectivity index is 0.00000243. The molecule has 1 N–H and O–H groups in total. The standard InChI is InChI=1S/C18H25N5O2.HI/c1-3-25-17(24)14-7-6-10-23(12-14)18(19-2)20-11-15-13-22-9-5-4-8-16(22)21-15;/h4-5,8-9,13-14H,3,6-7,10-12H2,1-2H3,(H,19,20);1H. The molecule has 0 amide bonds. The van der Waals surface area contributed by atoms with Gasteiger partial charge in [0.2, 0.25) is 0 Å². The molecule has 2 aromatic rings. The van der Waals surface area contributed by atoms with Gasteiger partial charge in [-0.3, -0.25) is 9.79 Å². The van der Waals surface area contributed by atoms with E-state index in [1.54, 1.807) is 7.05 Å². The lowest BCUT2D eigenvalue weighted by molar-refractivity contribution is -0.149. The van der Waals surface area contributed by atoms with Crippen LogP contribution in [-0.4, -0.2) is 53.0 Å². The predicted octanol–water partition coefficient (Wildman–Crippen LogP) is 2.30. The van der Waals surface area contributed by atoms with E-state index in [1.807, 2.05) is 41.9 Å². The average molecular weight is 471 g/mol. The molecule has 26 heavy (non-hydrogen) atoms. The quantitative estimate of drug-likeness (QED) is 0.321. The Morgan fingerprint density at radius 1 is 1.46 bits per heavy atom. The maximum absolute atomic E-state index is 12.0. The van der Waals surface area contributed by atoms with Crippen LogP contribution in [0.2, 0.25) is 0 Å². The molecule has 1 fully saturated rings. The van der Waals surface area contributed by atoms with Gasteiger partial charge < -0.3 is 19.4 Å². The van der Waals surface area contributed by atoms with E-state index in [9.17, 15) is 4.79 Å². The van der Waals surface area contributed by atoms with E-state index in [4.69, 9.17) is 4.74 Å². The van der Waals surface area contributed by atoms with Crippen LogP contribution in [0.5, 0.6) is 0 Å². The molecular formula is C18H26IN5O2. The summed E-state index contributed by atoms with van der Waals surface area (Å²) in [5, 5.41) is 3.36. The minimum Gasteiger partial charge on any atom is -0.466 e. The predicted molar refractivity (Wildman–Crippen MR) is 112 cm³/mol. The van der Waals surface area contributed by atoms with E-state index in [0.717, 1.165) is 36.7 Å². The Morgan fingerprint density at radius 3 is 3.04 bits per heavy atom. The molecule has 7 nitrogen and oxygen atoms in total. The zero-order valence-corrected chi connectivity index (χ0v) is 17.6. The van der Waals surface area contributed by atoms with Gasteiger partial charge in [-0.2, -0.15) is 0 Å². The molecule has 0 bridgehead atoms. The van der Waals surface area contributed by atoms with Crippen LogP contribution in [-0.2, 0) is 16.1 Å². The number of aliphatic imine (C=N–C) groups is 1. The number of imidazole rings is 1. The first kappa shape index (κ1) is 20.5. The number of carbonyl (C=O) groups is 1. The molecule has 0 radical (unpaired) electrons. The van der Waals surface area contributed by atoms with Crippen molar-refractivity contribution >= 4 is 41.6 Å². The van der Waals surface area contributed by atoms with E-state index < -0.39 is 0 Å². The highest BCUT2D eigenvalue weighted by Gasteiger charge is 2.28. The van der Waals surface area contributed by atoms with E-state index >= 15 is 0 Å². The molecule has 1 atom stereocenters. The summed E-state index contributed by atoms with van der Waals surface area (Å²) in [6, 6.07) is 5.93. The van der Waals surface area contributed by atoms with E-state index in [2.05, 4.69) is 20.2 Å². The summed E-state index contributed by atoms with van der Waals surface area (Å²) in [5.74, 6) is 0.608. The van der Waals surface area contributed by atoms with Gasteiger partial charge in [-0.05, 0) is 31.9 Å². The smallest absolute Gasteiger partial charge is 0.310 e. The fourth-order valence-electron chi connectivity index (χ4n) is 3.20. The zero-order chi connectivity index (χ0) is 17.6. The summed E-state index contributed by atoms with van der Waals surface area (Å²) in [6.45, 7) is 4.39. The highest BCUT2D eigenvalue weighted by atomic mass is 127. The highest BCUT2D eigenvalue weighted by Crippen LogP contribution is 2.18. The highest BCUT2D eigenvalue weighted by molar-refractivity contribution is 14.0. The molecule has 1 unspecified atom stereocenters. The fraction of sp³-hybridized carbons (Fsp3) is 0.500. The number of carbonyl (C=O) groups excluding carboxylic acids is 1. The molecule has 0 aromatic carbocycles. The van der Waals surface area contributed by atoms with Crippen LogP contribution >= 0.6 is 24.0 Å². The number of piperidine rings is 1. The molecule has 1 aliphatic rings. The molecule has 0 aliphatic carbocycles. The molecule has 3 rings (SSSR count). The molecule has 1 saturated heterocycles. The molecule has 0 saturated carbocycles. The lowest BCUT2D eigenvalue weighted by Crippen LogP contribution is -2.48. The van der Waals surface area contributed by atoms with Gasteiger partial charge in [0.1, 0.15) is 5.65 Å². The number of nitrogens with zero attached hydrogens (tertiary/aromatic N) is 4. The van der Waals surface area contributed by atoms with Crippen molar-refractivity contribution in [1.29, 1.82) is 0 Å². The Labute approximate surface area is 170 Å². The zero-order valence-electron chi connectivity index (χ0n) is 15.2. The Bertz CT molecular complexity index is 728. The Morgan fingerprint density at radius 2 is 2.31 bits per heavy atom. The third kappa shape index (κ3) is 4.87. The normalized spacial score (nSPS) is 17.7. The van der Waals surface area contributed by atoms with Crippen LogP contribution in [0.15, 0.2) is 35.6 Å². The summed E-state index contributed by atoms with van der Waals surface area (Å²) in [6.07, 6.45) is 5.82. The molecule has 2 aromatic heterocycles. The van der Waals surface area contributed by atoms with Crippen LogP contribution in [0.4, 0.5) is 0 Å². The van der Waals surface area contributed by atoms with Crippen molar-refractivity contribution in [1.82, 2.24) is 19.6 Å². The second-order valence-corrected chi connectivity index (χ2v) is 6.14. The van der Waals surface area contributed by atoms with Crippen molar-refractivity contribution in [2.45, 2.75) is 26.3 Å². The van der Waals surface area contributed by atoms with Crippen LogP contribution in [0.3, 0.4) is 0 Å². The molecule has 0 spiro atoms. The first-order valence-corrected chi connectivity index (χ1v) is 8.76. The number of ether oxygens (including phenoxy) is 1. The Kier molecular flexibility index (Phi) is 7.67. The summed E-state index contributed by atoms with van der Waals surface area (Å²) in [5.41, 5.74) is 1.88. The minimum absolute atomic E-state index is 0.